The van der Waals surface area contributed by atoms with Gasteiger partial charge in [-0.25, -0.2) is 4.79 Å². The Morgan fingerprint density at radius 2 is 1.73 bits per heavy atom. The Balaban J connectivity index is 1.78. The summed E-state index contributed by atoms with van der Waals surface area (Å²) in [4.78, 5) is 12.1. The smallest absolute Gasteiger partial charge is 0.335 e. The first-order valence-corrected chi connectivity index (χ1v) is 10.3. The third-order valence-corrected chi connectivity index (χ3v) is 5.76. The molecule has 0 aliphatic rings. The molecule has 140 valence electrons. The van der Waals surface area contributed by atoms with E-state index in [0.717, 1.165) is 30.1 Å². The predicted molar refractivity (Wildman–Crippen MR) is 112 cm³/mol. The topological polar surface area (TPSA) is 49.3 Å². The standard InChI is InChI=1S/C21H26ClNO2S/c1-2-3-5-19(26-20-13-9-17(22)10-14-20)6-4-15-23-18-11-7-16(8-12-18)21(24)25/h7-14,19,23H,2-6,15H2,1H3,(H,24,25). The molecule has 1 unspecified atom stereocenters. The van der Waals surface area contributed by atoms with E-state index in [1.165, 1.54) is 24.2 Å². The second-order valence-electron chi connectivity index (χ2n) is 6.29. The first kappa shape index (κ1) is 20.7. The monoisotopic (exact) mass is 391 g/mol. The van der Waals surface area contributed by atoms with Gasteiger partial charge in [0.2, 0.25) is 0 Å². The van der Waals surface area contributed by atoms with Crippen molar-refractivity contribution in [2.45, 2.75) is 49.2 Å². The van der Waals surface area contributed by atoms with Crippen molar-refractivity contribution in [1.82, 2.24) is 0 Å². The number of halogens is 1. The molecule has 2 aromatic carbocycles. The van der Waals surface area contributed by atoms with Crippen LogP contribution in [0.3, 0.4) is 0 Å². The molecule has 26 heavy (non-hydrogen) atoms. The number of hydrogen-bond donors (Lipinski definition) is 2. The molecule has 2 aromatic rings. The van der Waals surface area contributed by atoms with E-state index in [9.17, 15) is 4.79 Å². The van der Waals surface area contributed by atoms with Gasteiger partial charge in [-0.3, -0.25) is 0 Å². The summed E-state index contributed by atoms with van der Waals surface area (Å²) in [6, 6.07) is 15.0. The van der Waals surface area contributed by atoms with Crippen LogP contribution in [-0.4, -0.2) is 22.9 Å². The number of benzene rings is 2. The molecule has 3 nitrogen and oxygen atoms in total. The zero-order valence-electron chi connectivity index (χ0n) is 15.1. The lowest BCUT2D eigenvalue weighted by molar-refractivity contribution is 0.0697. The van der Waals surface area contributed by atoms with Crippen molar-refractivity contribution in [2.75, 3.05) is 11.9 Å². The van der Waals surface area contributed by atoms with E-state index in [4.69, 9.17) is 16.7 Å². The molecule has 0 radical (unpaired) electrons. The van der Waals surface area contributed by atoms with Gasteiger partial charge >= 0.3 is 5.97 Å². The van der Waals surface area contributed by atoms with Crippen LogP contribution in [0.4, 0.5) is 5.69 Å². The first-order valence-electron chi connectivity index (χ1n) is 9.08. The van der Waals surface area contributed by atoms with E-state index in [-0.39, 0.29) is 0 Å². The molecule has 5 heteroatoms. The number of unbranched alkanes of at least 4 members (excludes halogenated alkanes) is 1. The Morgan fingerprint density at radius 3 is 2.35 bits per heavy atom. The van der Waals surface area contributed by atoms with Crippen molar-refractivity contribution in [3.8, 4) is 0 Å². The third-order valence-electron chi connectivity index (χ3n) is 4.16. The molecule has 0 amide bonds. The molecule has 0 saturated carbocycles. The number of hydrogen-bond acceptors (Lipinski definition) is 3. The summed E-state index contributed by atoms with van der Waals surface area (Å²) < 4.78 is 0. The number of nitrogens with one attached hydrogen (secondary N) is 1. The largest absolute Gasteiger partial charge is 0.478 e. The minimum absolute atomic E-state index is 0.314. The predicted octanol–water partition coefficient (Wildman–Crippen LogP) is 6.58. The van der Waals surface area contributed by atoms with Crippen LogP contribution >= 0.6 is 23.4 Å². The molecule has 0 aliphatic heterocycles. The van der Waals surface area contributed by atoms with Crippen molar-refractivity contribution < 1.29 is 9.90 Å². The lowest BCUT2D eigenvalue weighted by atomic mass is 10.1. The van der Waals surface area contributed by atoms with Gasteiger partial charge in [-0.05, 0) is 67.8 Å². The number of aromatic carboxylic acids is 1. The summed E-state index contributed by atoms with van der Waals surface area (Å²) >= 11 is 7.91. The molecule has 0 saturated heterocycles. The normalized spacial score (nSPS) is 11.9. The van der Waals surface area contributed by atoms with Crippen LogP contribution in [0.1, 0.15) is 49.4 Å². The molecule has 0 aliphatic carbocycles. The van der Waals surface area contributed by atoms with Crippen LogP contribution in [0.25, 0.3) is 0 Å². The summed E-state index contributed by atoms with van der Waals surface area (Å²) in [5, 5.41) is 13.7. The Bertz CT molecular complexity index is 673. The molecule has 0 spiro atoms. The van der Waals surface area contributed by atoms with Gasteiger partial charge in [0.15, 0.2) is 0 Å². The molecule has 1 atom stereocenters. The molecule has 0 fully saturated rings. The van der Waals surface area contributed by atoms with E-state index in [2.05, 4.69) is 24.4 Å². The summed E-state index contributed by atoms with van der Waals surface area (Å²) in [5.74, 6) is -0.894. The molecule has 2 rings (SSSR count). The lowest BCUT2D eigenvalue weighted by Crippen LogP contribution is -2.08. The Labute approximate surface area is 165 Å². The Hall–Kier alpha value is -1.65. The number of carbonyl (C=O) groups is 1. The number of carboxylic acids is 1. The van der Waals surface area contributed by atoms with E-state index >= 15 is 0 Å². The molecule has 0 heterocycles. The average molecular weight is 392 g/mol. The highest BCUT2D eigenvalue weighted by atomic mass is 35.5. The van der Waals surface area contributed by atoms with Crippen molar-refractivity contribution in [3.63, 3.8) is 0 Å². The van der Waals surface area contributed by atoms with Crippen LogP contribution in [0.2, 0.25) is 5.02 Å². The Morgan fingerprint density at radius 1 is 1.08 bits per heavy atom. The SMILES string of the molecule is CCCCC(CCCNc1ccc(C(=O)O)cc1)Sc1ccc(Cl)cc1. The van der Waals surface area contributed by atoms with Gasteiger partial charge in [-0.2, -0.15) is 0 Å². The number of carboxylic acid groups (broad SMARTS) is 1. The van der Waals surface area contributed by atoms with Crippen molar-refractivity contribution in [3.05, 3.63) is 59.1 Å². The molecule has 2 N–H and O–H groups in total. The van der Waals surface area contributed by atoms with Crippen molar-refractivity contribution in [1.29, 1.82) is 0 Å². The van der Waals surface area contributed by atoms with Crippen LogP contribution in [0.15, 0.2) is 53.4 Å². The second-order valence-corrected chi connectivity index (χ2v) is 8.10. The lowest BCUT2D eigenvalue weighted by Gasteiger charge is -2.17. The highest BCUT2D eigenvalue weighted by molar-refractivity contribution is 8.00. The fraction of sp³-hybridized carbons (Fsp3) is 0.381. The fourth-order valence-electron chi connectivity index (χ4n) is 2.69. The number of rotatable bonds is 11. The summed E-state index contributed by atoms with van der Waals surface area (Å²) in [7, 11) is 0. The fourth-order valence-corrected chi connectivity index (χ4v) is 4.07. The van der Waals surface area contributed by atoms with Gasteiger partial charge in [-0.15, -0.1) is 11.8 Å². The zero-order valence-corrected chi connectivity index (χ0v) is 16.7. The van der Waals surface area contributed by atoms with Gasteiger partial charge in [0.25, 0.3) is 0 Å². The van der Waals surface area contributed by atoms with E-state index in [0.29, 0.717) is 10.8 Å². The van der Waals surface area contributed by atoms with E-state index in [1.54, 1.807) is 12.1 Å². The van der Waals surface area contributed by atoms with Crippen LogP contribution < -0.4 is 5.32 Å². The molecule has 0 aromatic heterocycles. The highest BCUT2D eigenvalue weighted by Gasteiger charge is 2.10. The maximum absolute atomic E-state index is 10.9. The van der Waals surface area contributed by atoms with Gasteiger partial charge in [0, 0.05) is 27.4 Å². The molecular weight excluding hydrogens is 366 g/mol. The molecular formula is C21H26ClNO2S. The average Bonchev–Trinajstić information content (AvgIpc) is 2.65. The minimum Gasteiger partial charge on any atom is -0.478 e. The van der Waals surface area contributed by atoms with Crippen LogP contribution in [0.5, 0.6) is 0 Å². The first-order chi connectivity index (χ1) is 12.6. The second kappa shape index (κ2) is 11.1. The van der Waals surface area contributed by atoms with Crippen molar-refractivity contribution >= 4 is 35.0 Å². The van der Waals surface area contributed by atoms with Gasteiger partial charge in [0.05, 0.1) is 5.56 Å². The van der Waals surface area contributed by atoms with E-state index in [1.807, 2.05) is 36.0 Å². The van der Waals surface area contributed by atoms with Crippen molar-refractivity contribution in [2.24, 2.45) is 0 Å². The third kappa shape index (κ3) is 7.30. The summed E-state index contributed by atoms with van der Waals surface area (Å²) in [6.45, 7) is 3.11. The van der Waals surface area contributed by atoms with Gasteiger partial charge < -0.3 is 10.4 Å². The number of anilines is 1. The zero-order chi connectivity index (χ0) is 18.8. The highest BCUT2D eigenvalue weighted by Crippen LogP contribution is 2.30. The Kier molecular flexibility index (Phi) is 8.86. The maximum Gasteiger partial charge on any atom is 0.335 e. The summed E-state index contributed by atoms with van der Waals surface area (Å²) in [6.07, 6.45) is 5.90. The van der Waals surface area contributed by atoms with Crippen LogP contribution in [-0.2, 0) is 0 Å². The van der Waals surface area contributed by atoms with Gasteiger partial charge in [-0.1, -0.05) is 31.4 Å². The van der Waals surface area contributed by atoms with E-state index < -0.39 is 5.97 Å². The minimum atomic E-state index is -0.894. The quantitative estimate of drug-likeness (QED) is 0.335. The number of thioether (sulfide) groups is 1. The molecule has 0 bridgehead atoms. The maximum atomic E-state index is 10.9. The van der Waals surface area contributed by atoms with Crippen LogP contribution in [0, 0.1) is 0 Å². The summed E-state index contributed by atoms with van der Waals surface area (Å²) in [5.41, 5.74) is 1.28. The van der Waals surface area contributed by atoms with Gasteiger partial charge in [0.1, 0.15) is 0 Å².